The molecule has 0 spiro atoms. The highest BCUT2D eigenvalue weighted by molar-refractivity contribution is 5.85. The number of pyridine rings is 2. The molecule has 6 aliphatic heterocycles. The Kier molecular flexibility index (Phi) is 11.5. The summed E-state index contributed by atoms with van der Waals surface area (Å²) in [6.07, 6.45) is 11.4. The maximum atomic E-state index is 7.73. The van der Waals surface area contributed by atoms with Crippen molar-refractivity contribution in [3.05, 3.63) is 158 Å². The molecule has 3 aromatic heterocycles. The van der Waals surface area contributed by atoms with E-state index in [1.165, 1.54) is 0 Å². The number of aromatic nitrogens is 4. The van der Waals surface area contributed by atoms with Crippen molar-refractivity contribution in [3.8, 4) is 45.8 Å². The lowest BCUT2D eigenvalue weighted by atomic mass is 9.73. The second-order valence-electron chi connectivity index (χ2n) is 18.4. The number of rotatable bonds is 14. The zero-order valence-electron chi connectivity index (χ0n) is 37.7. The highest BCUT2D eigenvalue weighted by Gasteiger charge is 2.46. The molecule has 8 unspecified atom stereocenters. The minimum atomic E-state index is -0.437. The van der Waals surface area contributed by atoms with Gasteiger partial charge in [-0.15, -0.1) is 13.2 Å². The van der Waals surface area contributed by atoms with Crippen molar-refractivity contribution >= 4 is 21.8 Å². The average Bonchev–Trinajstić information content (AvgIpc) is 3.39. The van der Waals surface area contributed by atoms with Gasteiger partial charge in [-0.25, -0.2) is 0 Å². The summed E-state index contributed by atoms with van der Waals surface area (Å²) in [6, 6.07) is 37.0. The molecule has 10 atom stereocenters. The van der Waals surface area contributed by atoms with Gasteiger partial charge in [0, 0.05) is 52.9 Å². The van der Waals surface area contributed by atoms with Crippen LogP contribution in [-0.4, -0.2) is 82.2 Å². The first-order chi connectivity index (χ1) is 32.5. The summed E-state index contributed by atoms with van der Waals surface area (Å²) in [7, 11) is 3.41. The summed E-state index contributed by atoms with van der Waals surface area (Å²) in [6.45, 7) is 12.3. The Balaban J connectivity index is 1.13. The average molecular weight is 877 g/mol. The van der Waals surface area contributed by atoms with Gasteiger partial charge in [-0.2, -0.15) is 9.97 Å². The van der Waals surface area contributed by atoms with Gasteiger partial charge in [0.2, 0.25) is 11.8 Å². The molecule has 6 aliphatic rings. The molecule has 6 saturated heterocycles. The monoisotopic (exact) mass is 876 g/mol. The first kappa shape index (κ1) is 42.0. The van der Waals surface area contributed by atoms with Crippen LogP contribution < -0.4 is 18.9 Å². The molecule has 13 rings (SSSR count). The van der Waals surface area contributed by atoms with E-state index in [9.17, 15) is 0 Å². The number of benzene rings is 4. The van der Waals surface area contributed by atoms with Crippen LogP contribution in [0.5, 0.6) is 23.3 Å². The van der Waals surface area contributed by atoms with Gasteiger partial charge in [0.05, 0.1) is 37.3 Å². The summed E-state index contributed by atoms with van der Waals surface area (Å²) < 4.78 is 27.1. The maximum absolute atomic E-state index is 7.73. The minimum absolute atomic E-state index is 0.0502. The zero-order chi connectivity index (χ0) is 44.7. The summed E-state index contributed by atoms with van der Waals surface area (Å²) in [4.78, 5) is 25.7. The fourth-order valence-corrected chi connectivity index (χ4v) is 11.5. The van der Waals surface area contributed by atoms with Crippen LogP contribution in [0.3, 0.4) is 0 Å². The number of fused-ring (bicyclic) bond motifs is 8. The van der Waals surface area contributed by atoms with Gasteiger partial charge in [-0.3, -0.25) is 19.8 Å². The van der Waals surface area contributed by atoms with Gasteiger partial charge in [0.1, 0.15) is 29.3 Å². The number of hydrogen-bond donors (Lipinski definition) is 0. The summed E-state index contributed by atoms with van der Waals surface area (Å²) in [5.41, 5.74) is 6.29. The highest BCUT2D eigenvalue weighted by atomic mass is 16.5. The smallest absolute Gasteiger partial charge is 0.229 e. The Morgan fingerprint density at radius 2 is 1.06 bits per heavy atom. The van der Waals surface area contributed by atoms with Crippen LogP contribution >= 0.6 is 0 Å². The molecule has 0 amide bonds. The molecular formula is C56H56N6O4. The van der Waals surface area contributed by atoms with Crippen molar-refractivity contribution < 1.29 is 18.9 Å². The topological polar surface area (TPSA) is 95.0 Å². The molecule has 0 aliphatic carbocycles. The molecule has 10 nitrogen and oxygen atoms in total. The molecule has 10 heteroatoms. The van der Waals surface area contributed by atoms with E-state index in [0.29, 0.717) is 46.8 Å². The minimum Gasteiger partial charge on any atom is -0.497 e. The van der Waals surface area contributed by atoms with Gasteiger partial charge < -0.3 is 18.9 Å². The summed E-state index contributed by atoms with van der Waals surface area (Å²) in [5.74, 6) is 4.84. The molecule has 9 heterocycles. The number of hydrogen-bond acceptors (Lipinski definition) is 10. The van der Waals surface area contributed by atoms with Gasteiger partial charge in [0.25, 0.3) is 0 Å². The molecule has 4 bridgehead atoms. The molecular weight excluding hydrogens is 821 g/mol. The molecule has 0 N–H and O–H groups in total. The van der Waals surface area contributed by atoms with Gasteiger partial charge in [-0.05, 0) is 117 Å². The van der Waals surface area contributed by atoms with Crippen molar-refractivity contribution in [2.75, 3.05) is 40.4 Å². The number of methoxy groups -OCH3 is 2. The fraction of sp³-hybridized carbons (Fsp3) is 0.321. The largest absolute Gasteiger partial charge is 0.497 e. The van der Waals surface area contributed by atoms with Gasteiger partial charge in [0.15, 0.2) is 5.82 Å². The lowest BCUT2D eigenvalue weighted by Crippen LogP contribution is -2.55. The number of ether oxygens (including phenoxy) is 4. The number of nitrogens with zero attached hydrogens (tertiary/aromatic N) is 6. The van der Waals surface area contributed by atoms with E-state index in [2.05, 4.69) is 83.6 Å². The SMILES string of the molecule is C=CC1CN2CCC1C[C@H]2C(Oc1nc(-c2ccccc2)nc(OC(c2ccnc3ccc(OC)cc23)[C@@H]2CC3CCN2CC3C=C)c1-c1ccccc1)c1ccnc2ccc(OC)cc12. The van der Waals surface area contributed by atoms with Crippen molar-refractivity contribution in [1.29, 1.82) is 0 Å². The molecule has 66 heavy (non-hydrogen) atoms. The highest BCUT2D eigenvalue weighted by Crippen LogP contribution is 2.49. The number of piperidine rings is 6. The lowest BCUT2D eigenvalue weighted by molar-refractivity contribution is -0.0388. The van der Waals surface area contributed by atoms with E-state index < -0.39 is 12.2 Å². The van der Waals surface area contributed by atoms with Crippen molar-refractivity contribution in [3.63, 3.8) is 0 Å². The van der Waals surface area contributed by atoms with Crippen LogP contribution in [-0.2, 0) is 0 Å². The second kappa shape index (κ2) is 18.0. The Hall–Kier alpha value is -6.62. The molecule has 334 valence electrons. The van der Waals surface area contributed by atoms with Crippen LogP contribution in [0.2, 0.25) is 0 Å². The Morgan fingerprint density at radius 1 is 0.591 bits per heavy atom. The fourth-order valence-electron chi connectivity index (χ4n) is 11.5. The second-order valence-corrected chi connectivity index (χ2v) is 18.4. The molecule has 7 aromatic rings. The Morgan fingerprint density at radius 3 is 1.48 bits per heavy atom. The van der Waals surface area contributed by atoms with E-state index in [4.69, 9.17) is 38.9 Å². The third-order valence-electron chi connectivity index (χ3n) is 15.0. The van der Waals surface area contributed by atoms with Gasteiger partial charge in [-0.1, -0.05) is 72.8 Å². The van der Waals surface area contributed by atoms with E-state index >= 15 is 0 Å². The quantitative estimate of drug-likeness (QED) is 0.0983. The summed E-state index contributed by atoms with van der Waals surface area (Å²) in [5, 5.41) is 1.97. The predicted octanol–water partition coefficient (Wildman–Crippen LogP) is 11.0. The van der Waals surface area contributed by atoms with E-state index in [1.807, 2.05) is 73.1 Å². The van der Waals surface area contributed by atoms with E-state index in [-0.39, 0.29) is 12.1 Å². The van der Waals surface area contributed by atoms with Gasteiger partial charge >= 0.3 is 0 Å². The molecule has 0 radical (unpaired) electrons. The van der Waals surface area contributed by atoms with E-state index in [0.717, 1.165) is 107 Å². The first-order valence-corrected chi connectivity index (χ1v) is 23.4. The van der Waals surface area contributed by atoms with Crippen LogP contribution in [0, 0.1) is 23.7 Å². The third-order valence-corrected chi connectivity index (χ3v) is 15.0. The van der Waals surface area contributed by atoms with Crippen molar-refractivity contribution in [2.45, 2.75) is 50.0 Å². The van der Waals surface area contributed by atoms with Crippen molar-refractivity contribution in [2.24, 2.45) is 23.7 Å². The first-order valence-electron chi connectivity index (χ1n) is 23.4. The zero-order valence-corrected chi connectivity index (χ0v) is 37.7. The molecule has 6 fully saturated rings. The van der Waals surface area contributed by atoms with Crippen molar-refractivity contribution in [1.82, 2.24) is 29.7 Å². The van der Waals surface area contributed by atoms with Crippen LogP contribution in [0.25, 0.3) is 44.3 Å². The maximum Gasteiger partial charge on any atom is 0.229 e. The molecule has 4 aromatic carbocycles. The Labute approximate surface area is 387 Å². The molecule has 0 saturated carbocycles. The summed E-state index contributed by atoms with van der Waals surface area (Å²) >= 11 is 0. The van der Waals surface area contributed by atoms with Crippen LogP contribution in [0.4, 0.5) is 0 Å². The Bertz CT molecular complexity index is 2740. The third kappa shape index (κ3) is 7.75. The normalized spacial score (nSPS) is 25.2. The standard InChI is InChI=1S/C56H56N6O4/c1-5-35-33-61-27-23-39(35)29-49(61)52(43-21-25-57-47-19-17-41(63-3)31-45(43)47)65-55-51(37-13-9-7-10-14-37)56(60-54(59-55)38-15-11-8-12-16-38)66-53(50-30-40-24-28-62(50)34-36(40)6-2)44-22-26-58-48-20-18-42(64-4)32-46(44)48/h5-22,25-26,31-32,35-36,39-40,49-50,52-53H,1-2,23-24,27-30,33-34H2,3-4H3/t35?,36?,39?,40?,49-,50-,52?,53?/m0/s1. The van der Waals surface area contributed by atoms with E-state index in [1.54, 1.807) is 14.2 Å². The lowest BCUT2D eigenvalue weighted by Gasteiger charge is -2.51. The predicted molar refractivity (Wildman–Crippen MR) is 260 cm³/mol. The van der Waals surface area contributed by atoms with Crippen LogP contribution in [0.1, 0.15) is 49.0 Å². The van der Waals surface area contributed by atoms with Crippen LogP contribution in [0.15, 0.2) is 147 Å².